The van der Waals surface area contributed by atoms with Gasteiger partial charge in [-0.2, -0.15) is 5.10 Å². The predicted molar refractivity (Wildman–Crippen MR) is 88.7 cm³/mol. The Hall–Kier alpha value is -1.60. The molecule has 1 saturated heterocycles. The summed E-state index contributed by atoms with van der Waals surface area (Å²) in [5.41, 5.74) is -0.123. The zero-order valence-electron chi connectivity index (χ0n) is 14.5. The summed E-state index contributed by atoms with van der Waals surface area (Å²) in [6, 6.07) is 2.17. The van der Waals surface area contributed by atoms with Gasteiger partial charge in [0.15, 0.2) is 0 Å². The van der Waals surface area contributed by atoms with Gasteiger partial charge in [0.25, 0.3) is 0 Å². The second-order valence-electron chi connectivity index (χ2n) is 7.29. The Balaban J connectivity index is 1.87. The van der Waals surface area contributed by atoms with Crippen LogP contribution in [0.25, 0.3) is 11.7 Å². The van der Waals surface area contributed by atoms with E-state index in [4.69, 9.17) is 9.31 Å². The van der Waals surface area contributed by atoms with Crippen molar-refractivity contribution in [2.45, 2.75) is 58.8 Å². The third-order valence-electron chi connectivity index (χ3n) is 4.69. The first-order valence-electron chi connectivity index (χ1n) is 7.90. The highest BCUT2D eigenvalue weighted by Crippen LogP contribution is 2.39. The summed E-state index contributed by atoms with van der Waals surface area (Å²) in [6.07, 6.45) is 5.20. The third kappa shape index (κ3) is 2.72. The predicted octanol–water partition coefficient (Wildman–Crippen LogP) is 3.66. The van der Waals surface area contributed by atoms with E-state index in [2.05, 4.69) is 23.5 Å². The highest BCUT2D eigenvalue weighted by atomic mass is 19.1. The first-order chi connectivity index (χ1) is 10.6. The highest BCUT2D eigenvalue weighted by Gasteiger charge is 2.53. The second-order valence-corrected chi connectivity index (χ2v) is 7.29. The summed E-state index contributed by atoms with van der Waals surface area (Å²) in [6.45, 7) is 11.8. The van der Waals surface area contributed by atoms with Crippen LogP contribution < -0.4 is 0 Å². The van der Waals surface area contributed by atoms with Gasteiger partial charge in [-0.15, -0.1) is 0 Å². The number of hydrogen-bond donors (Lipinski definition) is 0. The standard InChI is InChI=1S/C16H23BFN3O2/c1-11(2)20-7-8-21-14(20)10-12(19-21)9-13(18)17-22-15(3,4)16(5,6)23-17/h7-11H,1-6H3. The fraction of sp³-hybridized carbons (Fsp3) is 0.562. The van der Waals surface area contributed by atoms with E-state index >= 15 is 0 Å². The Bertz CT molecular complexity index is 745. The smallest absolute Gasteiger partial charge is 0.398 e. The Labute approximate surface area is 136 Å². The van der Waals surface area contributed by atoms with Crippen molar-refractivity contribution in [2.24, 2.45) is 0 Å². The molecule has 124 valence electrons. The highest BCUT2D eigenvalue weighted by molar-refractivity contribution is 6.54. The number of halogens is 1. The molecule has 0 saturated carbocycles. The van der Waals surface area contributed by atoms with Crippen LogP contribution in [0.2, 0.25) is 0 Å². The normalized spacial score (nSPS) is 20.9. The summed E-state index contributed by atoms with van der Waals surface area (Å²) in [7, 11) is -0.992. The van der Waals surface area contributed by atoms with Crippen LogP contribution in [0.3, 0.4) is 0 Å². The maximum Gasteiger partial charge on any atom is 0.525 e. The van der Waals surface area contributed by atoms with Crippen LogP contribution in [-0.4, -0.2) is 32.5 Å². The van der Waals surface area contributed by atoms with Crippen LogP contribution in [0.4, 0.5) is 4.39 Å². The Kier molecular flexibility index (Phi) is 3.68. The number of fused-ring (bicyclic) bond motifs is 1. The lowest BCUT2D eigenvalue weighted by atomic mass is 9.87. The molecule has 0 aromatic carbocycles. The Morgan fingerprint density at radius 1 is 1.22 bits per heavy atom. The van der Waals surface area contributed by atoms with Crippen LogP contribution >= 0.6 is 0 Å². The fourth-order valence-corrected chi connectivity index (χ4v) is 2.59. The van der Waals surface area contributed by atoms with Crippen molar-refractivity contribution in [1.29, 1.82) is 0 Å². The molecular formula is C16H23BFN3O2. The SMILES string of the molecule is CC(C)n1ccn2nc(C=C(F)B3OC(C)(C)C(C)(C)O3)cc12. The maximum absolute atomic E-state index is 14.5. The van der Waals surface area contributed by atoms with Crippen molar-refractivity contribution in [3.05, 3.63) is 29.9 Å². The van der Waals surface area contributed by atoms with Gasteiger partial charge in [-0.3, -0.25) is 0 Å². The van der Waals surface area contributed by atoms with Gasteiger partial charge in [0, 0.05) is 24.5 Å². The molecule has 1 aliphatic heterocycles. The van der Waals surface area contributed by atoms with Crippen molar-refractivity contribution in [1.82, 2.24) is 14.2 Å². The molecule has 2 aromatic rings. The van der Waals surface area contributed by atoms with Crippen molar-refractivity contribution < 1.29 is 13.7 Å². The van der Waals surface area contributed by atoms with E-state index in [9.17, 15) is 4.39 Å². The van der Waals surface area contributed by atoms with Crippen molar-refractivity contribution in [3.63, 3.8) is 0 Å². The molecule has 3 rings (SSSR count). The van der Waals surface area contributed by atoms with Crippen LogP contribution in [0.15, 0.2) is 24.2 Å². The maximum atomic E-state index is 14.5. The molecule has 0 atom stereocenters. The van der Waals surface area contributed by atoms with Gasteiger partial charge < -0.3 is 13.9 Å². The van der Waals surface area contributed by atoms with E-state index in [-0.39, 0.29) is 0 Å². The molecule has 2 aromatic heterocycles. The number of hydrogen-bond acceptors (Lipinski definition) is 3. The van der Waals surface area contributed by atoms with Crippen molar-refractivity contribution in [2.75, 3.05) is 0 Å². The Morgan fingerprint density at radius 3 is 2.39 bits per heavy atom. The minimum Gasteiger partial charge on any atom is -0.398 e. The van der Waals surface area contributed by atoms with E-state index in [1.807, 2.05) is 46.2 Å². The molecule has 0 radical (unpaired) electrons. The van der Waals surface area contributed by atoms with Gasteiger partial charge in [0.2, 0.25) is 0 Å². The van der Waals surface area contributed by atoms with E-state index in [1.54, 1.807) is 4.52 Å². The molecule has 0 amide bonds. The lowest BCUT2D eigenvalue weighted by Gasteiger charge is -2.32. The van der Waals surface area contributed by atoms with Crippen LogP contribution in [-0.2, 0) is 9.31 Å². The number of aromatic nitrogens is 3. The molecule has 3 heterocycles. The lowest BCUT2D eigenvalue weighted by molar-refractivity contribution is 0.00578. The first-order valence-corrected chi connectivity index (χ1v) is 7.90. The summed E-state index contributed by atoms with van der Waals surface area (Å²) in [4.78, 5) is 0. The molecule has 0 spiro atoms. The zero-order chi connectivity index (χ0) is 17.0. The quantitative estimate of drug-likeness (QED) is 0.811. The molecule has 0 aliphatic carbocycles. The molecule has 23 heavy (non-hydrogen) atoms. The second kappa shape index (κ2) is 5.21. The van der Waals surface area contributed by atoms with Gasteiger partial charge in [-0.25, -0.2) is 8.91 Å². The van der Waals surface area contributed by atoms with Crippen molar-refractivity contribution in [3.8, 4) is 0 Å². The first kappa shape index (κ1) is 16.3. The van der Waals surface area contributed by atoms with E-state index in [0.717, 1.165) is 5.65 Å². The third-order valence-corrected chi connectivity index (χ3v) is 4.69. The monoisotopic (exact) mass is 319 g/mol. The van der Waals surface area contributed by atoms with Gasteiger partial charge in [0.05, 0.1) is 16.9 Å². The fourth-order valence-electron chi connectivity index (χ4n) is 2.59. The zero-order valence-corrected chi connectivity index (χ0v) is 14.5. The number of nitrogens with zero attached hydrogens (tertiary/aromatic N) is 3. The largest absolute Gasteiger partial charge is 0.525 e. The topological polar surface area (TPSA) is 40.7 Å². The van der Waals surface area contributed by atoms with Crippen molar-refractivity contribution >= 4 is 18.8 Å². The summed E-state index contributed by atoms with van der Waals surface area (Å²) in [5, 5.41) is 4.37. The summed E-state index contributed by atoms with van der Waals surface area (Å²) >= 11 is 0. The molecule has 0 unspecified atom stereocenters. The van der Waals surface area contributed by atoms with Gasteiger partial charge in [-0.1, -0.05) is 0 Å². The van der Waals surface area contributed by atoms with Crippen LogP contribution in [0.1, 0.15) is 53.3 Å². The average molecular weight is 319 g/mol. The number of rotatable bonds is 3. The summed E-state index contributed by atoms with van der Waals surface area (Å²) < 4.78 is 29.8. The van der Waals surface area contributed by atoms with Gasteiger partial charge >= 0.3 is 7.12 Å². The number of imidazole rings is 1. The average Bonchev–Trinajstić information content (AvgIpc) is 3.01. The van der Waals surface area contributed by atoms with Crippen LogP contribution in [0, 0.1) is 0 Å². The molecule has 0 N–H and O–H groups in total. The van der Waals surface area contributed by atoms with E-state index in [1.165, 1.54) is 6.08 Å². The molecule has 7 heteroatoms. The van der Waals surface area contributed by atoms with Crippen LogP contribution in [0.5, 0.6) is 0 Å². The lowest BCUT2D eigenvalue weighted by Crippen LogP contribution is -2.41. The molecule has 1 aliphatic rings. The molecular weight excluding hydrogens is 296 g/mol. The van der Waals surface area contributed by atoms with E-state index in [0.29, 0.717) is 11.7 Å². The Morgan fingerprint density at radius 2 is 1.83 bits per heavy atom. The van der Waals surface area contributed by atoms with Gasteiger partial charge in [0.1, 0.15) is 11.4 Å². The summed E-state index contributed by atoms with van der Waals surface area (Å²) in [5.74, 6) is 0. The molecule has 0 bridgehead atoms. The molecule has 5 nitrogen and oxygen atoms in total. The van der Waals surface area contributed by atoms with E-state index < -0.39 is 24.0 Å². The molecule has 1 fully saturated rings. The minimum atomic E-state index is -0.992. The van der Waals surface area contributed by atoms with Gasteiger partial charge in [-0.05, 0) is 47.6 Å². The minimum absolute atomic E-state index is 0.314.